The number of carbonyl (C=O) groups is 3. The van der Waals surface area contributed by atoms with Crippen molar-refractivity contribution in [3.8, 4) is 11.8 Å². The zero-order valence-electron chi connectivity index (χ0n) is 11.2. The van der Waals surface area contributed by atoms with Gasteiger partial charge in [-0.25, -0.2) is 0 Å². The Kier molecular flexibility index (Phi) is 5.92. The minimum Gasteiger partial charge on any atom is -0.384 e. The smallest absolute Gasteiger partial charge is 0.254 e. The Morgan fingerprint density at radius 2 is 1.57 bits per heavy atom. The van der Waals surface area contributed by atoms with Crippen LogP contribution in [0.1, 0.15) is 15.9 Å². The van der Waals surface area contributed by atoms with Gasteiger partial charge in [0.2, 0.25) is 11.8 Å². The third-order valence-electron chi connectivity index (χ3n) is 2.42. The number of aliphatic hydroxyl groups excluding tert-OH is 1. The number of nitrogens with two attached hydrogens (primary N) is 2. The molecule has 7 nitrogen and oxygen atoms in total. The normalized spacial score (nSPS) is 9.38. The van der Waals surface area contributed by atoms with Crippen LogP contribution in [0, 0.1) is 11.8 Å². The van der Waals surface area contributed by atoms with E-state index in [0.717, 1.165) is 4.90 Å². The molecule has 1 rings (SSSR count). The molecule has 0 saturated heterocycles. The molecule has 0 aliphatic rings. The van der Waals surface area contributed by atoms with Crippen molar-refractivity contribution in [1.29, 1.82) is 0 Å². The van der Waals surface area contributed by atoms with Gasteiger partial charge in [0, 0.05) is 11.1 Å². The Bertz CT molecular complexity index is 583. The molecule has 1 aromatic rings. The number of carbonyl (C=O) groups excluding carboxylic acids is 3. The predicted octanol–water partition coefficient (Wildman–Crippen LogP) is -1.56. The minimum atomic E-state index is -0.741. The molecule has 0 aliphatic heterocycles. The van der Waals surface area contributed by atoms with E-state index in [1.807, 2.05) is 0 Å². The van der Waals surface area contributed by atoms with Gasteiger partial charge in [-0.1, -0.05) is 11.8 Å². The Morgan fingerprint density at radius 3 is 2.00 bits per heavy atom. The van der Waals surface area contributed by atoms with Crippen LogP contribution in [-0.4, -0.2) is 47.4 Å². The van der Waals surface area contributed by atoms with E-state index >= 15 is 0 Å². The average molecular weight is 289 g/mol. The molecule has 0 radical (unpaired) electrons. The largest absolute Gasteiger partial charge is 0.384 e. The summed E-state index contributed by atoms with van der Waals surface area (Å²) in [5.41, 5.74) is 11.0. The van der Waals surface area contributed by atoms with Crippen molar-refractivity contribution in [2.24, 2.45) is 11.5 Å². The molecule has 5 N–H and O–H groups in total. The monoisotopic (exact) mass is 289 g/mol. The van der Waals surface area contributed by atoms with Crippen molar-refractivity contribution in [2.75, 3.05) is 19.7 Å². The van der Waals surface area contributed by atoms with Gasteiger partial charge in [0.25, 0.3) is 5.91 Å². The standard InChI is InChI=1S/C14H15N3O4/c15-12(19)8-17(9-13(16)20)14(21)11-5-3-10(4-6-11)2-1-7-18/h3-6,18H,7-9H2,(H2,15,19)(H2,16,20). The number of nitrogens with zero attached hydrogens (tertiary/aromatic N) is 1. The van der Waals surface area contributed by atoms with E-state index in [0.29, 0.717) is 5.56 Å². The highest BCUT2D eigenvalue weighted by atomic mass is 16.2. The van der Waals surface area contributed by atoms with Crippen LogP contribution >= 0.6 is 0 Å². The molecule has 0 saturated carbocycles. The van der Waals surface area contributed by atoms with Crippen LogP contribution in [0.2, 0.25) is 0 Å². The molecule has 0 atom stereocenters. The molecule has 0 heterocycles. The first-order valence-electron chi connectivity index (χ1n) is 5.99. The van der Waals surface area contributed by atoms with Crippen LogP contribution in [-0.2, 0) is 9.59 Å². The first kappa shape index (κ1) is 16.2. The maximum absolute atomic E-state index is 12.2. The van der Waals surface area contributed by atoms with E-state index in [9.17, 15) is 14.4 Å². The molecule has 0 unspecified atom stereocenters. The summed E-state index contributed by atoms with van der Waals surface area (Å²) < 4.78 is 0. The summed E-state index contributed by atoms with van der Waals surface area (Å²) in [5.74, 6) is 3.14. The molecular formula is C14H15N3O4. The van der Waals surface area contributed by atoms with Gasteiger partial charge in [-0.3, -0.25) is 14.4 Å². The van der Waals surface area contributed by atoms with Crippen LogP contribution in [0.25, 0.3) is 0 Å². The number of benzene rings is 1. The summed E-state index contributed by atoms with van der Waals surface area (Å²) in [6.07, 6.45) is 0. The highest BCUT2D eigenvalue weighted by Gasteiger charge is 2.19. The average Bonchev–Trinajstić information content (AvgIpc) is 2.43. The lowest BCUT2D eigenvalue weighted by atomic mass is 10.1. The third-order valence-corrected chi connectivity index (χ3v) is 2.42. The summed E-state index contributed by atoms with van der Waals surface area (Å²) in [6, 6.07) is 6.17. The Labute approximate surface area is 121 Å². The SMILES string of the molecule is NC(=O)CN(CC(N)=O)C(=O)c1ccc(C#CCO)cc1. The van der Waals surface area contributed by atoms with E-state index in [1.54, 1.807) is 12.1 Å². The number of aliphatic hydroxyl groups is 1. The van der Waals surface area contributed by atoms with Crippen LogP contribution in [0.4, 0.5) is 0 Å². The van der Waals surface area contributed by atoms with Crippen molar-refractivity contribution >= 4 is 17.7 Å². The summed E-state index contributed by atoms with van der Waals surface area (Å²) in [7, 11) is 0. The van der Waals surface area contributed by atoms with Crippen LogP contribution in [0.15, 0.2) is 24.3 Å². The second kappa shape index (κ2) is 7.67. The van der Waals surface area contributed by atoms with Crippen LogP contribution in [0.5, 0.6) is 0 Å². The van der Waals surface area contributed by atoms with Crippen molar-refractivity contribution in [3.63, 3.8) is 0 Å². The zero-order valence-corrected chi connectivity index (χ0v) is 11.2. The summed E-state index contributed by atoms with van der Waals surface area (Å²) in [6.45, 7) is -1.05. The fourth-order valence-corrected chi connectivity index (χ4v) is 1.60. The van der Waals surface area contributed by atoms with Gasteiger partial charge in [0.15, 0.2) is 0 Å². The van der Waals surface area contributed by atoms with Gasteiger partial charge in [0.1, 0.15) is 19.7 Å². The topological polar surface area (TPSA) is 127 Å². The number of hydrogen-bond acceptors (Lipinski definition) is 4. The van der Waals surface area contributed by atoms with Gasteiger partial charge in [-0.05, 0) is 24.3 Å². The molecule has 0 spiro atoms. The van der Waals surface area contributed by atoms with Crippen molar-refractivity contribution in [3.05, 3.63) is 35.4 Å². The maximum Gasteiger partial charge on any atom is 0.254 e. The summed E-state index contributed by atoms with van der Waals surface area (Å²) >= 11 is 0. The molecule has 7 heteroatoms. The minimum absolute atomic E-state index is 0.258. The van der Waals surface area contributed by atoms with E-state index in [2.05, 4.69) is 11.8 Å². The summed E-state index contributed by atoms with van der Waals surface area (Å²) in [5, 5.41) is 8.59. The van der Waals surface area contributed by atoms with Crippen LogP contribution in [0.3, 0.4) is 0 Å². The number of rotatable bonds is 5. The lowest BCUT2D eigenvalue weighted by Crippen LogP contribution is -2.43. The Balaban J connectivity index is 2.92. The van der Waals surface area contributed by atoms with Gasteiger partial charge in [-0.15, -0.1) is 0 Å². The molecule has 0 aliphatic carbocycles. The fraction of sp³-hybridized carbons (Fsp3) is 0.214. The number of hydrogen-bond donors (Lipinski definition) is 3. The van der Waals surface area contributed by atoms with E-state index < -0.39 is 30.8 Å². The predicted molar refractivity (Wildman–Crippen MR) is 74.7 cm³/mol. The molecule has 0 bridgehead atoms. The zero-order chi connectivity index (χ0) is 15.8. The first-order valence-corrected chi connectivity index (χ1v) is 5.99. The molecular weight excluding hydrogens is 274 g/mol. The van der Waals surface area contributed by atoms with Crippen molar-refractivity contribution in [1.82, 2.24) is 4.90 Å². The molecule has 1 aromatic carbocycles. The molecule has 3 amide bonds. The van der Waals surface area contributed by atoms with E-state index in [4.69, 9.17) is 16.6 Å². The van der Waals surface area contributed by atoms with Gasteiger partial charge >= 0.3 is 0 Å². The quantitative estimate of drug-likeness (QED) is 0.567. The summed E-state index contributed by atoms with van der Waals surface area (Å²) in [4.78, 5) is 35.0. The lowest BCUT2D eigenvalue weighted by Gasteiger charge is -2.19. The first-order chi connectivity index (χ1) is 9.93. The highest BCUT2D eigenvalue weighted by molar-refractivity contribution is 5.98. The Morgan fingerprint density at radius 1 is 1.05 bits per heavy atom. The van der Waals surface area contributed by atoms with Crippen molar-refractivity contribution in [2.45, 2.75) is 0 Å². The van der Waals surface area contributed by atoms with Gasteiger partial charge in [0.05, 0.1) is 0 Å². The van der Waals surface area contributed by atoms with Crippen molar-refractivity contribution < 1.29 is 19.5 Å². The van der Waals surface area contributed by atoms with Gasteiger partial charge < -0.3 is 21.5 Å². The second-order valence-electron chi connectivity index (χ2n) is 4.13. The molecule has 0 aromatic heterocycles. The molecule has 0 fully saturated rings. The molecule has 110 valence electrons. The fourth-order valence-electron chi connectivity index (χ4n) is 1.60. The second-order valence-corrected chi connectivity index (χ2v) is 4.13. The third kappa shape index (κ3) is 5.34. The highest BCUT2D eigenvalue weighted by Crippen LogP contribution is 2.07. The number of primary amides is 2. The van der Waals surface area contributed by atoms with E-state index in [1.165, 1.54) is 12.1 Å². The maximum atomic E-state index is 12.2. The van der Waals surface area contributed by atoms with Gasteiger partial charge in [-0.2, -0.15) is 0 Å². The number of amides is 3. The lowest BCUT2D eigenvalue weighted by molar-refractivity contribution is -0.121. The molecule has 21 heavy (non-hydrogen) atoms. The Hall–Kier alpha value is -2.85. The van der Waals surface area contributed by atoms with E-state index in [-0.39, 0.29) is 12.2 Å². The van der Waals surface area contributed by atoms with Crippen LogP contribution < -0.4 is 11.5 Å².